The van der Waals surface area contributed by atoms with Gasteiger partial charge in [0.25, 0.3) is 0 Å². The van der Waals surface area contributed by atoms with Crippen molar-refractivity contribution in [3.8, 4) is 0 Å². The number of hydrogen-bond donors (Lipinski definition) is 0. The van der Waals surface area contributed by atoms with Gasteiger partial charge in [0.1, 0.15) is 0 Å². The van der Waals surface area contributed by atoms with E-state index in [1.54, 1.807) is 19.1 Å². The van der Waals surface area contributed by atoms with Gasteiger partial charge < -0.3 is 0 Å². The average molecular weight is 217 g/mol. The second-order valence-electron chi connectivity index (χ2n) is 2.96. The van der Waals surface area contributed by atoms with Crippen molar-refractivity contribution in [1.82, 2.24) is 0 Å². The number of carbonyl (C=O) groups excluding carboxylic acids is 1. The third kappa shape index (κ3) is 2.45. The molecule has 1 aromatic carbocycles. The molecule has 0 saturated carbocycles. The quantitative estimate of drug-likeness (QED) is 0.547. The summed E-state index contributed by atoms with van der Waals surface area (Å²) in [7, 11) is 0. The van der Waals surface area contributed by atoms with E-state index >= 15 is 0 Å². The van der Waals surface area contributed by atoms with Crippen LogP contribution in [0.1, 0.15) is 22.8 Å². The third-order valence-corrected chi connectivity index (χ3v) is 2.28. The molecule has 0 aliphatic carbocycles. The van der Waals surface area contributed by atoms with Gasteiger partial charge in [-0.2, -0.15) is 0 Å². The minimum absolute atomic E-state index is 0.129. The number of aryl methyl sites for hydroxylation is 1. The van der Waals surface area contributed by atoms with Gasteiger partial charge in [-0.1, -0.05) is 23.2 Å². The Bertz CT molecular complexity index is 332. The first-order chi connectivity index (χ1) is 6.02. The van der Waals surface area contributed by atoms with E-state index < -0.39 is 5.38 Å². The highest BCUT2D eigenvalue weighted by atomic mass is 35.5. The van der Waals surface area contributed by atoms with E-state index in [9.17, 15) is 4.79 Å². The molecule has 0 bridgehead atoms. The number of rotatable bonds is 2. The third-order valence-electron chi connectivity index (χ3n) is 1.75. The van der Waals surface area contributed by atoms with Gasteiger partial charge in [0, 0.05) is 5.56 Å². The number of halogens is 2. The highest BCUT2D eigenvalue weighted by molar-refractivity contribution is 6.38. The molecular weight excluding hydrogens is 207 g/mol. The Hall–Kier alpha value is -0.530. The van der Waals surface area contributed by atoms with E-state index in [4.69, 9.17) is 23.2 Å². The number of hydrogen-bond acceptors (Lipinski definition) is 1. The second-order valence-corrected chi connectivity index (χ2v) is 4.03. The Labute approximate surface area is 87.7 Å². The second kappa shape index (κ2) is 4.12. The van der Waals surface area contributed by atoms with E-state index in [0.717, 1.165) is 5.56 Å². The maximum atomic E-state index is 11.5. The Morgan fingerprint density at radius 1 is 1.46 bits per heavy atom. The zero-order valence-corrected chi connectivity index (χ0v) is 8.99. The molecule has 1 aromatic rings. The van der Waals surface area contributed by atoms with Crippen LogP contribution in [-0.2, 0) is 0 Å². The number of ketones is 1. The van der Waals surface area contributed by atoms with Crippen molar-refractivity contribution in [3.05, 3.63) is 34.3 Å². The van der Waals surface area contributed by atoms with E-state index in [-0.39, 0.29) is 5.78 Å². The summed E-state index contributed by atoms with van der Waals surface area (Å²) >= 11 is 11.5. The van der Waals surface area contributed by atoms with Crippen molar-refractivity contribution >= 4 is 29.0 Å². The maximum Gasteiger partial charge on any atom is 0.181 e. The van der Waals surface area contributed by atoms with E-state index in [0.29, 0.717) is 10.6 Å². The Balaban J connectivity index is 3.13. The first-order valence-electron chi connectivity index (χ1n) is 3.97. The minimum Gasteiger partial charge on any atom is -0.292 e. The predicted molar refractivity (Wildman–Crippen MR) is 55.8 cm³/mol. The van der Waals surface area contributed by atoms with Crippen LogP contribution >= 0.6 is 23.2 Å². The van der Waals surface area contributed by atoms with Crippen LogP contribution in [0.2, 0.25) is 5.02 Å². The monoisotopic (exact) mass is 216 g/mol. The topological polar surface area (TPSA) is 17.1 Å². The lowest BCUT2D eigenvalue weighted by Gasteiger charge is -2.05. The Morgan fingerprint density at radius 2 is 2.08 bits per heavy atom. The highest BCUT2D eigenvalue weighted by Gasteiger charge is 2.15. The summed E-state index contributed by atoms with van der Waals surface area (Å²) in [5.41, 5.74) is 1.51. The van der Waals surface area contributed by atoms with Crippen LogP contribution in [0, 0.1) is 6.92 Å². The van der Waals surface area contributed by atoms with E-state index in [1.165, 1.54) is 0 Å². The summed E-state index contributed by atoms with van der Waals surface area (Å²) in [6.07, 6.45) is 0. The molecule has 0 radical (unpaired) electrons. The van der Waals surface area contributed by atoms with Gasteiger partial charge in [-0.25, -0.2) is 0 Å². The zero-order valence-electron chi connectivity index (χ0n) is 7.47. The van der Waals surface area contributed by atoms with E-state index in [2.05, 4.69) is 0 Å². The van der Waals surface area contributed by atoms with Crippen LogP contribution in [0.15, 0.2) is 18.2 Å². The SMILES string of the molecule is Cc1ccc(Cl)c(C(=O)C(C)Cl)c1. The molecule has 0 N–H and O–H groups in total. The fourth-order valence-electron chi connectivity index (χ4n) is 1.04. The molecule has 1 rings (SSSR count). The predicted octanol–water partition coefficient (Wildman–Crippen LogP) is 3.46. The molecule has 1 atom stereocenters. The van der Waals surface area contributed by atoms with Crippen LogP contribution < -0.4 is 0 Å². The molecule has 0 aliphatic heterocycles. The first-order valence-corrected chi connectivity index (χ1v) is 4.78. The number of carbonyl (C=O) groups is 1. The molecule has 3 heteroatoms. The largest absolute Gasteiger partial charge is 0.292 e. The van der Waals surface area contributed by atoms with Crippen molar-refractivity contribution in [1.29, 1.82) is 0 Å². The molecule has 0 aromatic heterocycles. The molecule has 0 heterocycles. The molecule has 13 heavy (non-hydrogen) atoms. The van der Waals surface area contributed by atoms with Crippen LogP contribution in [0.4, 0.5) is 0 Å². The van der Waals surface area contributed by atoms with Gasteiger partial charge in [0.2, 0.25) is 0 Å². The minimum atomic E-state index is -0.528. The van der Waals surface area contributed by atoms with Crippen molar-refractivity contribution in [2.45, 2.75) is 19.2 Å². The maximum absolute atomic E-state index is 11.5. The van der Waals surface area contributed by atoms with Crippen molar-refractivity contribution in [3.63, 3.8) is 0 Å². The summed E-state index contributed by atoms with van der Waals surface area (Å²) in [4.78, 5) is 11.5. The summed E-state index contributed by atoms with van der Waals surface area (Å²) in [5, 5.41) is -0.0672. The molecule has 0 aliphatic rings. The summed E-state index contributed by atoms with van der Waals surface area (Å²) in [6.45, 7) is 3.55. The fraction of sp³-hybridized carbons (Fsp3) is 0.300. The smallest absolute Gasteiger partial charge is 0.181 e. The van der Waals surface area contributed by atoms with Gasteiger partial charge in [-0.3, -0.25) is 4.79 Å². The summed E-state index contributed by atoms with van der Waals surface area (Å²) in [5.74, 6) is -0.129. The molecule has 0 spiro atoms. The Morgan fingerprint density at radius 3 is 2.62 bits per heavy atom. The number of benzene rings is 1. The van der Waals surface area contributed by atoms with Gasteiger partial charge in [-0.15, -0.1) is 11.6 Å². The number of alkyl halides is 1. The molecule has 0 amide bonds. The van der Waals surface area contributed by atoms with Gasteiger partial charge in [0.15, 0.2) is 5.78 Å². The van der Waals surface area contributed by atoms with E-state index in [1.807, 2.05) is 13.0 Å². The lowest BCUT2D eigenvalue weighted by molar-refractivity contribution is 0.0992. The normalized spacial score (nSPS) is 12.6. The molecule has 1 unspecified atom stereocenters. The molecular formula is C10H10Cl2O. The van der Waals surface area contributed by atoms with Crippen molar-refractivity contribution in [2.75, 3.05) is 0 Å². The molecule has 1 nitrogen and oxygen atoms in total. The average Bonchev–Trinajstić information content (AvgIpc) is 2.08. The summed E-state index contributed by atoms with van der Waals surface area (Å²) in [6, 6.07) is 5.32. The molecule has 70 valence electrons. The van der Waals surface area contributed by atoms with Crippen molar-refractivity contribution in [2.24, 2.45) is 0 Å². The standard InChI is InChI=1S/C10H10Cl2O/c1-6-3-4-9(12)8(5-6)10(13)7(2)11/h3-5,7H,1-2H3. The van der Waals surface area contributed by atoms with Crippen LogP contribution in [0.25, 0.3) is 0 Å². The van der Waals surface area contributed by atoms with Gasteiger partial charge in [-0.05, 0) is 26.0 Å². The molecule has 0 fully saturated rings. The zero-order chi connectivity index (χ0) is 10.0. The van der Waals surface area contributed by atoms with Gasteiger partial charge in [0.05, 0.1) is 10.4 Å². The van der Waals surface area contributed by atoms with Crippen LogP contribution in [-0.4, -0.2) is 11.2 Å². The first kappa shape index (κ1) is 10.6. The highest BCUT2D eigenvalue weighted by Crippen LogP contribution is 2.20. The van der Waals surface area contributed by atoms with Crippen molar-refractivity contribution < 1.29 is 4.79 Å². The summed E-state index contributed by atoms with van der Waals surface area (Å²) < 4.78 is 0. The lowest BCUT2D eigenvalue weighted by Crippen LogP contribution is -2.11. The molecule has 0 saturated heterocycles. The Kier molecular flexibility index (Phi) is 3.34. The lowest BCUT2D eigenvalue weighted by atomic mass is 10.1. The van der Waals surface area contributed by atoms with Crippen LogP contribution in [0.3, 0.4) is 0 Å². The van der Waals surface area contributed by atoms with Crippen LogP contribution in [0.5, 0.6) is 0 Å². The van der Waals surface area contributed by atoms with Gasteiger partial charge >= 0.3 is 0 Å². The fourth-order valence-corrected chi connectivity index (χ4v) is 1.37. The number of Topliss-reactive ketones (excluding diaryl/α,β-unsaturated/α-hetero) is 1.